The quantitative estimate of drug-likeness (QED) is 0.470. The number of ether oxygens (including phenoxy) is 1. The standard InChI is InChI=1S/C27H27N3O3/c1-18-8-9-19(2)24(16-18)26-22-6-4-5-7-23(22)27(32)30(29-26)17-25(31)28-15-14-20-10-12-21(33-3)13-11-20/h4-13,16H,14-15,17H2,1-3H3,(H,28,31). The van der Waals surface area contributed by atoms with Crippen LogP contribution in [0.1, 0.15) is 16.7 Å². The van der Waals surface area contributed by atoms with Crippen LogP contribution in [0.2, 0.25) is 0 Å². The summed E-state index contributed by atoms with van der Waals surface area (Å²) >= 11 is 0. The predicted molar refractivity (Wildman–Crippen MR) is 131 cm³/mol. The summed E-state index contributed by atoms with van der Waals surface area (Å²) in [6.45, 7) is 4.38. The van der Waals surface area contributed by atoms with Gasteiger partial charge in [-0.05, 0) is 55.7 Å². The molecule has 4 aromatic rings. The molecule has 0 atom stereocenters. The van der Waals surface area contributed by atoms with Crippen LogP contribution in [0, 0.1) is 13.8 Å². The fourth-order valence-electron chi connectivity index (χ4n) is 3.86. The van der Waals surface area contributed by atoms with Gasteiger partial charge in [0.2, 0.25) is 5.91 Å². The Balaban J connectivity index is 1.57. The molecule has 0 fully saturated rings. The number of rotatable bonds is 7. The summed E-state index contributed by atoms with van der Waals surface area (Å²) in [4.78, 5) is 25.7. The Hall–Kier alpha value is -3.93. The van der Waals surface area contributed by atoms with Gasteiger partial charge in [0.25, 0.3) is 5.56 Å². The van der Waals surface area contributed by atoms with Crippen LogP contribution in [0.5, 0.6) is 5.75 Å². The van der Waals surface area contributed by atoms with Crippen molar-refractivity contribution >= 4 is 16.7 Å². The van der Waals surface area contributed by atoms with Gasteiger partial charge in [0, 0.05) is 17.5 Å². The molecule has 0 spiro atoms. The summed E-state index contributed by atoms with van der Waals surface area (Å²) < 4.78 is 6.43. The van der Waals surface area contributed by atoms with E-state index < -0.39 is 0 Å². The van der Waals surface area contributed by atoms with Crippen LogP contribution in [-0.2, 0) is 17.8 Å². The SMILES string of the molecule is COc1ccc(CCNC(=O)Cn2nc(-c3cc(C)ccc3C)c3ccccc3c2=O)cc1. The maximum Gasteiger partial charge on any atom is 0.275 e. The molecule has 33 heavy (non-hydrogen) atoms. The zero-order chi connectivity index (χ0) is 23.4. The lowest BCUT2D eigenvalue weighted by molar-refractivity contribution is -0.121. The highest BCUT2D eigenvalue weighted by Gasteiger charge is 2.15. The van der Waals surface area contributed by atoms with E-state index in [1.807, 2.05) is 68.4 Å². The lowest BCUT2D eigenvalue weighted by Crippen LogP contribution is -2.35. The highest BCUT2D eigenvalue weighted by molar-refractivity contribution is 5.94. The second-order valence-electron chi connectivity index (χ2n) is 8.12. The number of methoxy groups -OCH3 is 1. The molecule has 0 radical (unpaired) electrons. The molecule has 4 rings (SSSR count). The van der Waals surface area contributed by atoms with Crippen LogP contribution in [0.3, 0.4) is 0 Å². The molecule has 1 amide bonds. The van der Waals surface area contributed by atoms with Gasteiger partial charge in [0.05, 0.1) is 18.2 Å². The van der Waals surface area contributed by atoms with Crippen molar-refractivity contribution < 1.29 is 9.53 Å². The number of nitrogens with one attached hydrogen (secondary N) is 1. The zero-order valence-electron chi connectivity index (χ0n) is 19.1. The van der Waals surface area contributed by atoms with E-state index in [4.69, 9.17) is 4.74 Å². The molecule has 1 aromatic heterocycles. The number of benzene rings is 3. The van der Waals surface area contributed by atoms with E-state index in [1.165, 1.54) is 4.68 Å². The zero-order valence-corrected chi connectivity index (χ0v) is 19.1. The highest BCUT2D eigenvalue weighted by atomic mass is 16.5. The number of hydrogen-bond donors (Lipinski definition) is 1. The largest absolute Gasteiger partial charge is 0.497 e. The van der Waals surface area contributed by atoms with E-state index in [-0.39, 0.29) is 18.0 Å². The molecule has 3 aromatic carbocycles. The number of fused-ring (bicyclic) bond motifs is 1. The van der Waals surface area contributed by atoms with Gasteiger partial charge >= 0.3 is 0 Å². The van der Waals surface area contributed by atoms with E-state index in [0.29, 0.717) is 24.0 Å². The van der Waals surface area contributed by atoms with Crippen LogP contribution in [0.4, 0.5) is 0 Å². The third-order valence-corrected chi connectivity index (χ3v) is 5.70. The van der Waals surface area contributed by atoms with Crippen molar-refractivity contribution in [3.63, 3.8) is 0 Å². The maximum atomic E-state index is 13.1. The van der Waals surface area contributed by atoms with Crippen molar-refractivity contribution in [3.8, 4) is 17.0 Å². The van der Waals surface area contributed by atoms with Crippen molar-refractivity contribution in [1.82, 2.24) is 15.1 Å². The average molecular weight is 442 g/mol. The Morgan fingerprint density at radius 3 is 2.45 bits per heavy atom. The number of carbonyl (C=O) groups is 1. The van der Waals surface area contributed by atoms with Gasteiger partial charge in [-0.2, -0.15) is 5.10 Å². The fraction of sp³-hybridized carbons (Fsp3) is 0.222. The first kappa shape index (κ1) is 22.3. The summed E-state index contributed by atoms with van der Waals surface area (Å²) in [5.41, 5.74) is 4.65. The molecule has 6 heteroatoms. The third kappa shape index (κ3) is 4.95. The van der Waals surface area contributed by atoms with Gasteiger partial charge in [-0.15, -0.1) is 0 Å². The van der Waals surface area contributed by atoms with Crippen LogP contribution in [0.25, 0.3) is 22.0 Å². The third-order valence-electron chi connectivity index (χ3n) is 5.70. The molecular formula is C27H27N3O3. The monoisotopic (exact) mass is 441 g/mol. The molecule has 6 nitrogen and oxygen atoms in total. The number of nitrogens with zero attached hydrogens (tertiary/aromatic N) is 2. The minimum Gasteiger partial charge on any atom is -0.497 e. The van der Waals surface area contributed by atoms with E-state index in [1.54, 1.807) is 13.2 Å². The lowest BCUT2D eigenvalue weighted by Gasteiger charge is -2.13. The summed E-state index contributed by atoms with van der Waals surface area (Å²) in [6, 6.07) is 21.3. The Labute approximate surface area is 192 Å². The first-order valence-electron chi connectivity index (χ1n) is 10.9. The van der Waals surface area contributed by atoms with E-state index in [2.05, 4.69) is 16.5 Å². The first-order chi connectivity index (χ1) is 16.0. The highest BCUT2D eigenvalue weighted by Crippen LogP contribution is 2.28. The molecule has 0 aliphatic heterocycles. The molecule has 0 bridgehead atoms. The molecule has 0 saturated heterocycles. The van der Waals surface area contributed by atoms with Crippen molar-refractivity contribution in [2.45, 2.75) is 26.8 Å². The molecule has 0 aliphatic carbocycles. The van der Waals surface area contributed by atoms with Crippen LogP contribution < -0.4 is 15.6 Å². The van der Waals surface area contributed by atoms with Crippen molar-refractivity contribution in [3.05, 3.63) is 93.8 Å². The van der Waals surface area contributed by atoms with E-state index >= 15 is 0 Å². The Bertz CT molecular complexity index is 1360. The topological polar surface area (TPSA) is 73.2 Å². The Kier molecular flexibility index (Phi) is 6.54. The number of carbonyl (C=O) groups excluding carboxylic acids is 1. The fourth-order valence-corrected chi connectivity index (χ4v) is 3.86. The van der Waals surface area contributed by atoms with Gasteiger partial charge in [0.1, 0.15) is 12.3 Å². The molecule has 1 heterocycles. The second kappa shape index (κ2) is 9.69. The van der Waals surface area contributed by atoms with Gasteiger partial charge in [0.15, 0.2) is 0 Å². The average Bonchev–Trinajstić information content (AvgIpc) is 2.83. The molecule has 0 saturated carbocycles. The minimum absolute atomic E-state index is 0.135. The summed E-state index contributed by atoms with van der Waals surface area (Å²) in [6.07, 6.45) is 0.684. The molecule has 0 aliphatic rings. The van der Waals surface area contributed by atoms with Crippen molar-refractivity contribution in [2.75, 3.05) is 13.7 Å². The number of amides is 1. The minimum atomic E-state index is -0.273. The van der Waals surface area contributed by atoms with Crippen molar-refractivity contribution in [2.24, 2.45) is 0 Å². The Morgan fingerprint density at radius 2 is 1.73 bits per heavy atom. The van der Waals surface area contributed by atoms with Crippen LogP contribution in [0.15, 0.2) is 71.5 Å². The molecule has 168 valence electrons. The normalized spacial score (nSPS) is 10.9. The van der Waals surface area contributed by atoms with E-state index in [0.717, 1.165) is 33.4 Å². The summed E-state index contributed by atoms with van der Waals surface area (Å²) in [7, 11) is 1.63. The maximum absolute atomic E-state index is 13.1. The Morgan fingerprint density at radius 1 is 1.00 bits per heavy atom. The number of aromatic nitrogens is 2. The van der Waals surface area contributed by atoms with Crippen LogP contribution >= 0.6 is 0 Å². The number of hydrogen-bond acceptors (Lipinski definition) is 4. The summed E-state index contributed by atoms with van der Waals surface area (Å²) in [5.74, 6) is 0.546. The van der Waals surface area contributed by atoms with Crippen molar-refractivity contribution in [1.29, 1.82) is 0 Å². The predicted octanol–water partition coefficient (Wildman–Crippen LogP) is 4.05. The molecular weight excluding hydrogens is 414 g/mol. The van der Waals surface area contributed by atoms with E-state index in [9.17, 15) is 9.59 Å². The lowest BCUT2D eigenvalue weighted by atomic mass is 9.99. The second-order valence-corrected chi connectivity index (χ2v) is 8.12. The van der Waals surface area contributed by atoms with Crippen LogP contribution in [-0.4, -0.2) is 29.3 Å². The molecule has 1 N–H and O–H groups in total. The number of aryl methyl sites for hydroxylation is 2. The first-order valence-corrected chi connectivity index (χ1v) is 10.9. The van der Waals surface area contributed by atoms with Gasteiger partial charge in [-0.1, -0.05) is 48.0 Å². The van der Waals surface area contributed by atoms with Gasteiger partial charge in [-0.3, -0.25) is 9.59 Å². The molecule has 0 unspecified atom stereocenters. The van der Waals surface area contributed by atoms with Gasteiger partial charge < -0.3 is 10.1 Å². The van der Waals surface area contributed by atoms with Gasteiger partial charge in [-0.25, -0.2) is 4.68 Å². The summed E-state index contributed by atoms with van der Waals surface area (Å²) in [5, 5.41) is 8.86. The smallest absolute Gasteiger partial charge is 0.275 e.